The molecular weight excluding hydrogens is 320 g/mol. The number of rotatable bonds is 4. The Hall–Kier alpha value is -1.65. The normalized spacial score (nSPS) is 13.8. The summed E-state index contributed by atoms with van der Waals surface area (Å²) in [6, 6.07) is 13.9. The predicted octanol–water partition coefficient (Wildman–Crippen LogP) is 3.79. The molecule has 2 aromatic rings. The lowest BCUT2D eigenvalue weighted by atomic mass is 9.82. The summed E-state index contributed by atoms with van der Waals surface area (Å²) < 4.78 is 0.842. The average molecular weight is 335 g/mol. The van der Waals surface area contributed by atoms with Crippen molar-refractivity contribution in [1.82, 2.24) is 0 Å². The molecule has 2 N–H and O–H groups in total. The maximum Gasteiger partial charge on any atom is 0.336 e. The SMILES string of the molecule is CCC(O)(c1cccc(Br)c1)c1ccccc1C(=O)O. The van der Waals surface area contributed by atoms with Crippen molar-refractivity contribution < 1.29 is 15.0 Å². The van der Waals surface area contributed by atoms with Gasteiger partial charge in [-0.05, 0) is 30.2 Å². The zero-order chi connectivity index (χ0) is 14.8. The van der Waals surface area contributed by atoms with Crippen LogP contribution in [0.4, 0.5) is 0 Å². The van der Waals surface area contributed by atoms with Crippen molar-refractivity contribution in [1.29, 1.82) is 0 Å². The zero-order valence-electron chi connectivity index (χ0n) is 11.0. The molecule has 0 saturated heterocycles. The van der Waals surface area contributed by atoms with E-state index >= 15 is 0 Å². The average Bonchev–Trinajstić information content (AvgIpc) is 2.46. The lowest BCUT2D eigenvalue weighted by Gasteiger charge is -2.29. The van der Waals surface area contributed by atoms with Gasteiger partial charge in [0.1, 0.15) is 5.60 Å². The summed E-state index contributed by atoms with van der Waals surface area (Å²) in [6.07, 6.45) is 0.383. The van der Waals surface area contributed by atoms with Gasteiger partial charge in [-0.25, -0.2) is 4.79 Å². The van der Waals surface area contributed by atoms with Crippen LogP contribution < -0.4 is 0 Å². The van der Waals surface area contributed by atoms with Crippen molar-refractivity contribution in [3.8, 4) is 0 Å². The lowest BCUT2D eigenvalue weighted by Crippen LogP contribution is -2.28. The fourth-order valence-corrected chi connectivity index (χ4v) is 2.73. The van der Waals surface area contributed by atoms with Crippen LogP contribution in [0.3, 0.4) is 0 Å². The molecule has 2 aromatic carbocycles. The van der Waals surface area contributed by atoms with Gasteiger partial charge in [0.15, 0.2) is 0 Å². The van der Waals surface area contributed by atoms with E-state index in [1.165, 1.54) is 6.07 Å². The third-order valence-corrected chi connectivity index (χ3v) is 3.91. The first-order valence-corrected chi connectivity index (χ1v) is 7.09. The molecule has 0 radical (unpaired) electrons. The standard InChI is InChI=1S/C16H15BrO3/c1-2-16(20,11-6-5-7-12(17)10-11)14-9-4-3-8-13(14)15(18)19/h3-10,20H,2H2,1H3,(H,18,19). The van der Waals surface area contributed by atoms with Gasteiger partial charge in [-0.1, -0.05) is 53.2 Å². The van der Waals surface area contributed by atoms with Crippen molar-refractivity contribution in [2.75, 3.05) is 0 Å². The van der Waals surface area contributed by atoms with E-state index in [0.717, 1.165) is 4.47 Å². The first kappa shape index (κ1) is 14.8. The van der Waals surface area contributed by atoms with Gasteiger partial charge in [0.05, 0.1) is 5.56 Å². The molecule has 0 spiro atoms. The molecule has 2 rings (SSSR count). The van der Waals surface area contributed by atoms with Crippen molar-refractivity contribution in [3.05, 3.63) is 69.7 Å². The minimum atomic E-state index is -1.32. The van der Waals surface area contributed by atoms with Crippen LogP contribution in [-0.4, -0.2) is 16.2 Å². The summed E-state index contributed by atoms with van der Waals surface area (Å²) in [6.45, 7) is 1.83. The van der Waals surface area contributed by atoms with Gasteiger partial charge in [-0.15, -0.1) is 0 Å². The highest BCUT2D eigenvalue weighted by Crippen LogP contribution is 2.35. The highest BCUT2D eigenvalue weighted by atomic mass is 79.9. The van der Waals surface area contributed by atoms with Crippen LogP contribution in [0.1, 0.15) is 34.8 Å². The van der Waals surface area contributed by atoms with E-state index in [4.69, 9.17) is 0 Å². The summed E-state index contributed by atoms with van der Waals surface area (Å²) in [5.41, 5.74) is -0.119. The quantitative estimate of drug-likeness (QED) is 0.894. The Morgan fingerprint density at radius 1 is 1.20 bits per heavy atom. The second-order valence-electron chi connectivity index (χ2n) is 4.57. The zero-order valence-corrected chi connectivity index (χ0v) is 12.6. The number of aliphatic hydroxyl groups is 1. The van der Waals surface area contributed by atoms with Crippen LogP contribution in [0.5, 0.6) is 0 Å². The van der Waals surface area contributed by atoms with Crippen LogP contribution in [0.2, 0.25) is 0 Å². The van der Waals surface area contributed by atoms with Gasteiger partial charge in [0, 0.05) is 10.0 Å². The molecule has 0 aromatic heterocycles. The van der Waals surface area contributed by atoms with E-state index < -0.39 is 11.6 Å². The molecule has 0 fully saturated rings. The van der Waals surface area contributed by atoms with E-state index in [0.29, 0.717) is 17.5 Å². The van der Waals surface area contributed by atoms with Gasteiger partial charge >= 0.3 is 5.97 Å². The monoisotopic (exact) mass is 334 g/mol. The van der Waals surface area contributed by atoms with Gasteiger partial charge in [-0.3, -0.25) is 0 Å². The molecule has 3 nitrogen and oxygen atoms in total. The molecule has 1 unspecified atom stereocenters. The summed E-state index contributed by atoms with van der Waals surface area (Å²) in [4.78, 5) is 11.4. The van der Waals surface area contributed by atoms with Crippen LogP contribution in [0.25, 0.3) is 0 Å². The third-order valence-electron chi connectivity index (χ3n) is 3.42. The van der Waals surface area contributed by atoms with Gasteiger partial charge in [0.2, 0.25) is 0 Å². The van der Waals surface area contributed by atoms with E-state index in [9.17, 15) is 15.0 Å². The number of carbonyl (C=O) groups is 1. The molecule has 0 aliphatic heterocycles. The Morgan fingerprint density at radius 2 is 1.90 bits per heavy atom. The predicted molar refractivity (Wildman–Crippen MR) is 80.8 cm³/mol. The molecule has 104 valence electrons. The van der Waals surface area contributed by atoms with E-state index in [2.05, 4.69) is 15.9 Å². The maximum absolute atomic E-state index is 11.4. The third kappa shape index (κ3) is 2.62. The molecule has 0 heterocycles. The van der Waals surface area contributed by atoms with Crippen molar-refractivity contribution in [2.45, 2.75) is 18.9 Å². The summed E-state index contributed by atoms with van der Waals surface area (Å²) >= 11 is 3.38. The number of hydrogen-bond donors (Lipinski definition) is 2. The van der Waals surface area contributed by atoms with Crippen molar-refractivity contribution in [3.63, 3.8) is 0 Å². The number of halogens is 1. The lowest BCUT2D eigenvalue weighted by molar-refractivity contribution is 0.0626. The van der Waals surface area contributed by atoms with E-state index in [-0.39, 0.29) is 5.56 Å². The van der Waals surface area contributed by atoms with Crippen LogP contribution in [-0.2, 0) is 5.60 Å². The molecule has 0 bridgehead atoms. The summed E-state index contributed by atoms with van der Waals surface area (Å²) in [5.74, 6) is -1.04. The van der Waals surface area contributed by atoms with E-state index in [1.807, 2.05) is 25.1 Å². The first-order valence-electron chi connectivity index (χ1n) is 6.30. The Morgan fingerprint density at radius 3 is 2.50 bits per heavy atom. The van der Waals surface area contributed by atoms with Crippen molar-refractivity contribution in [2.24, 2.45) is 0 Å². The first-order chi connectivity index (χ1) is 9.49. The second-order valence-corrected chi connectivity index (χ2v) is 5.49. The van der Waals surface area contributed by atoms with Gasteiger partial charge in [0.25, 0.3) is 0 Å². The Labute approximate surface area is 126 Å². The highest BCUT2D eigenvalue weighted by Gasteiger charge is 2.33. The van der Waals surface area contributed by atoms with Crippen LogP contribution >= 0.6 is 15.9 Å². The minimum absolute atomic E-state index is 0.122. The van der Waals surface area contributed by atoms with Gasteiger partial charge < -0.3 is 10.2 Å². The van der Waals surface area contributed by atoms with Crippen LogP contribution in [0, 0.1) is 0 Å². The summed E-state index contributed by atoms with van der Waals surface area (Å²) in [5, 5.41) is 20.3. The van der Waals surface area contributed by atoms with Gasteiger partial charge in [-0.2, -0.15) is 0 Å². The Balaban J connectivity index is 2.65. The number of carboxylic acid groups (broad SMARTS) is 1. The Kier molecular flexibility index (Phi) is 4.26. The summed E-state index contributed by atoms with van der Waals surface area (Å²) in [7, 11) is 0. The van der Waals surface area contributed by atoms with E-state index in [1.54, 1.807) is 24.3 Å². The number of hydrogen-bond acceptors (Lipinski definition) is 2. The molecule has 1 atom stereocenters. The van der Waals surface area contributed by atoms with Crippen LogP contribution in [0.15, 0.2) is 53.0 Å². The molecule has 0 amide bonds. The highest BCUT2D eigenvalue weighted by molar-refractivity contribution is 9.10. The fourth-order valence-electron chi connectivity index (χ4n) is 2.33. The second kappa shape index (κ2) is 5.77. The fraction of sp³-hybridized carbons (Fsp3) is 0.188. The minimum Gasteiger partial charge on any atom is -0.478 e. The largest absolute Gasteiger partial charge is 0.478 e. The topological polar surface area (TPSA) is 57.5 Å². The molecule has 0 saturated carbocycles. The smallest absolute Gasteiger partial charge is 0.336 e. The number of aromatic carboxylic acids is 1. The number of carboxylic acids is 1. The molecular formula is C16H15BrO3. The van der Waals surface area contributed by atoms with Crippen molar-refractivity contribution >= 4 is 21.9 Å². The molecule has 4 heteroatoms. The molecule has 0 aliphatic rings. The Bertz CT molecular complexity index is 639. The number of benzene rings is 2. The maximum atomic E-state index is 11.4. The molecule has 20 heavy (non-hydrogen) atoms. The molecule has 0 aliphatic carbocycles.